The molecule has 0 aliphatic heterocycles. The molecule has 0 spiro atoms. The quantitative estimate of drug-likeness (QED) is 0.169. The lowest BCUT2D eigenvalue weighted by Gasteiger charge is -2.29. The third-order valence-corrected chi connectivity index (χ3v) is 16.4. The van der Waals surface area contributed by atoms with E-state index in [0.717, 1.165) is 72.4 Å². The van der Waals surface area contributed by atoms with Gasteiger partial charge in [0.2, 0.25) is 0 Å². The topological polar surface area (TPSA) is 38.6 Å². The zero-order chi connectivity index (χ0) is 54.2. The van der Waals surface area contributed by atoms with Crippen LogP contribution in [0.25, 0.3) is 105 Å². The maximum atomic E-state index is 12.8. The molecule has 0 fully saturated rings. The van der Waals surface area contributed by atoms with Crippen LogP contribution in [0.15, 0.2) is 170 Å². The fraction of sp³-hybridized carbons (Fsp3) is 0.247. The van der Waals surface area contributed by atoms with Gasteiger partial charge in [0.15, 0.2) is 0 Å². The first-order valence-corrected chi connectivity index (χ1v) is 27.5. The number of nitrogens with zero attached hydrogens (tertiary/aromatic N) is 4. The first kappa shape index (κ1) is 49.7. The van der Waals surface area contributed by atoms with E-state index >= 15 is 0 Å². The fourth-order valence-corrected chi connectivity index (χ4v) is 12.1. The van der Waals surface area contributed by atoms with Gasteiger partial charge >= 0.3 is 0 Å². The summed E-state index contributed by atoms with van der Waals surface area (Å²) in [7, 11) is 0. The predicted octanol–water partition coefficient (Wildman–Crippen LogP) is 20.0. The van der Waals surface area contributed by atoms with Crippen LogP contribution in [0, 0.1) is 25.2 Å². The molecule has 0 amide bonds. The number of hydrogen-bond acceptors (Lipinski definition) is 1. The predicted molar refractivity (Wildman–Crippen MR) is 329 cm³/mol. The molecule has 0 bridgehead atoms. The lowest BCUT2D eigenvalue weighted by molar-refractivity contribution is 0.590. The van der Waals surface area contributed by atoms with Crippen molar-refractivity contribution in [1.29, 1.82) is 5.26 Å². The van der Waals surface area contributed by atoms with E-state index in [1.165, 1.54) is 65.7 Å². The number of nitriles is 1. The van der Waals surface area contributed by atoms with Crippen molar-refractivity contribution < 1.29 is 0 Å². The second-order valence-corrected chi connectivity index (χ2v) is 26.0. The van der Waals surface area contributed by atoms with Crippen molar-refractivity contribution in [3.8, 4) is 45.4 Å². The number of benzene rings is 9. The molecule has 3 aromatic heterocycles. The average molecular weight is 1000 g/mol. The molecule has 0 saturated heterocycles. The third kappa shape index (κ3) is 8.00. The van der Waals surface area contributed by atoms with Gasteiger partial charge in [0, 0.05) is 43.4 Å². The van der Waals surface area contributed by atoms with Crippen molar-refractivity contribution in [1.82, 2.24) is 13.7 Å². The van der Waals surface area contributed by atoms with Gasteiger partial charge in [-0.25, -0.2) is 0 Å². The van der Waals surface area contributed by atoms with Crippen LogP contribution < -0.4 is 0 Å². The van der Waals surface area contributed by atoms with Gasteiger partial charge in [-0.2, -0.15) is 5.26 Å². The number of rotatable bonds is 5. The van der Waals surface area contributed by atoms with E-state index in [1.54, 1.807) is 0 Å². The van der Waals surface area contributed by atoms with Crippen LogP contribution in [0.3, 0.4) is 0 Å². The molecule has 9 aromatic carbocycles. The Bertz CT molecular complexity index is 4010. The van der Waals surface area contributed by atoms with Gasteiger partial charge in [0.05, 0.1) is 50.2 Å². The Morgan fingerprint density at radius 2 is 0.571 bits per heavy atom. The monoisotopic (exact) mass is 1000 g/mol. The Labute approximate surface area is 454 Å². The maximum Gasteiger partial charge on any atom is 0.104 e. The van der Waals surface area contributed by atoms with Crippen LogP contribution in [-0.4, -0.2) is 13.7 Å². The van der Waals surface area contributed by atoms with E-state index in [-0.39, 0.29) is 21.7 Å². The molecule has 0 radical (unpaired) electrons. The molecule has 382 valence electrons. The van der Waals surface area contributed by atoms with Crippen LogP contribution in [0.5, 0.6) is 0 Å². The van der Waals surface area contributed by atoms with E-state index < -0.39 is 0 Å². The molecule has 0 saturated carbocycles. The molecule has 77 heavy (non-hydrogen) atoms. The van der Waals surface area contributed by atoms with E-state index in [9.17, 15) is 5.26 Å². The Morgan fingerprint density at radius 3 is 0.844 bits per heavy atom. The summed E-state index contributed by atoms with van der Waals surface area (Å²) >= 11 is 0. The van der Waals surface area contributed by atoms with E-state index in [0.29, 0.717) is 5.56 Å². The first-order valence-electron chi connectivity index (χ1n) is 27.5. The standard InChI is InChI=1S/C73H70N4/c1-44-25-31-59-52(37-44)53-38-45(2)26-32-60(53)77(59)69-65(46-21-17-15-18-22-46)67(75-61-33-27-48(70(3,4)5)39-54(61)55-40-49(71(6,7)8)28-34-62(55)75)58(43-74)68(66(69)47-23-19-16-20-24-47)76-63-35-29-50(72(9,10)11)41-56(63)57-42-51(73(12,13)14)30-36-64(57)76/h15-42H,1-14H3. The molecule has 0 N–H and O–H groups in total. The van der Waals surface area contributed by atoms with Gasteiger partial charge in [-0.3, -0.25) is 0 Å². The summed E-state index contributed by atoms with van der Waals surface area (Å²) in [6.45, 7) is 31.9. The van der Waals surface area contributed by atoms with E-state index in [1.807, 2.05) is 0 Å². The van der Waals surface area contributed by atoms with Gasteiger partial charge < -0.3 is 13.7 Å². The Kier molecular flexibility index (Phi) is 11.3. The lowest BCUT2D eigenvalue weighted by Crippen LogP contribution is -2.14. The summed E-state index contributed by atoms with van der Waals surface area (Å²) in [4.78, 5) is 0. The van der Waals surface area contributed by atoms with Crippen LogP contribution >= 0.6 is 0 Å². The minimum Gasteiger partial charge on any atom is -0.308 e. The van der Waals surface area contributed by atoms with Crippen molar-refractivity contribution in [3.63, 3.8) is 0 Å². The summed E-state index contributed by atoms with van der Waals surface area (Å²) in [5.74, 6) is 0. The molecule has 12 rings (SSSR count). The van der Waals surface area contributed by atoms with Gasteiger partial charge in [-0.05, 0) is 142 Å². The van der Waals surface area contributed by atoms with Gasteiger partial charge in [0.25, 0.3) is 0 Å². The summed E-state index contributed by atoms with van der Waals surface area (Å²) < 4.78 is 7.45. The third-order valence-electron chi connectivity index (χ3n) is 16.4. The Morgan fingerprint density at radius 1 is 0.312 bits per heavy atom. The lowest BCUT2D eigenvalue weighted by atomic mass is 9.85. The highest BCUT2D eigenvalue weighted by molar-refractivity contribution is 6.16. The molecule has 0 atom stereocenters. The van der Waals surface area contributed by atoms with Crippen LogP contribution in [0.4, 0.5) is 0 Å². The molecule has 3 heterocycles. The molecule has 4 heteroatoms. The fourth-order valence-electron chi connectivity index (χ4n) is 12.1. The normalized spacial score (nSPS) is 12.8. The summed E-state index contributed by atoms with van der Waals surface area (Å²) in [5.41, 5.74) is 20.8. The van der Waals surface area contributed by atoms with Crippen molar-refractivity contribution in [2.24, 2.45) is 0 Å². The van der Waals surface area contributed by atoms with Gasteiger partial charge in [0.1, 0.15) is 11.6 Å². The highest BCUT2D eigenvalue weighted by Crippen LogP contribution is 2.53. The van der Waals surface area contributed by atoms with Gasteiger partial charge in [-0.1, -0.05) is 191 Å². The van der Waals surface area contributed by atoms with Crippen LogP contribution in [0.2, 0.25) is 0 Å². The van der Waals surface area contributed by atoms with E-state index in [4.69, 9.17) is 0 Å². The van der Waals surface area contributed by atoms with E-state index in [2.05, 4.69) is 287 Å². The minimum absolute atomic E-state index is 0.0988. The number of hydrogen-bond donors (Lipinski definition) is 0. The second-order valence-electron chi connectivity index (χ2n) is 26.0. The highest BCUT2D eigenvalue weighted by atomic mass is 15.1. The number of fused-ring (bicyclic) bond motifs is 9. The van der Waals surface area contributed by atoms with Crippen LogP contribution in [0.1, 0.15) is 122 Å². The summed E-state index contributed by atoms with van der Waals surface area (Å²) in [6.07, 6.45) is 0. The Balaban J connectivity index is 1.42. The molecule has 0 unspecified atom stereocenters. The largest absolute Gasteiger partial charge is 0.308 e. The molecular weight excluding hydrogens is 933 g/mol. The summed E-state index contributed by atoms with van der Waals surface area (Å²) in [6, 6.07) is 66.8. The SMILES string of the molecule is Cc1ccc2c(c1)c1cc(C)ccc1n2-c1c(-c2ccccc2)c(-n2c3ccc(C(C)(C)C)cc3c3cc(C(C)(C)C)ccc32)c(C#N)c(-n2c3ccc(C(C)(C)C)cc3c3cc(C(C)(C)C)ccc32)c1-c1ccccc1. The summed E-state index contributed by atoms with van der Waals surface area (Å²) in [5, 5.41) is 19.8. The van der Waals surface area contributed by atoms with Crippen LogP contribution in [-0.2, 0) is 21.7 Å². The van der Waals surface area contributed by atoms with Crippen molar-refractivity contribution in [3.05, 3.63) is 209 Å². The molecule has 12 aromatic rings. The zero-order valence-electron chi connectivity index (χ0n) is 47.5. The van der Waals surface area contributed by atoms with Gasteiger partial charge in [-0.15, -0.1) is 0 Å². The number of aromatic nitrogens is 3. The zero-order valence-corrected chi connectivity index (χ0v) is 47.5. The van der Waals surface area contributed by atoms with Crippen molar-refractivity contribution in [2.45, 2.75) is 119 Å². The highest BCUT2D eigenvalue weighted by Gasteiger charge is 2.35. The second kappa shape index (κ2) is 17.5. The Hall–Kier alpha value is -8.13. The smallest absolute Gasteiger partial charge is 0.104 e. The molecule has 0 aliphatic rings. The maximum absolute atomic E-state index is 12.8. The molecular formula is C73H70N4. The van der Waals surface area contributed by atoms with Crippen molar-refractivity contribution >= 4 is 65.4 Å². The average Bonchev–Trinajstić information content (AvgIpc) is 4.00. The molecule has 0 aliphatic carbocycles. The number of aryl methyl sites for hydroxylation is 2. The minimum atomic E-state index is -0.0988. The van der Waals surface area contributed by atoms with Crippen molar-refractivity contribution in [2.75, 3.05) is 0 Å². The first-order chi connectivity index (χ1) is 36.5. The molecule has 4 nitrogen and oxygen atoms in total.